The van der Waals surface area contributed by atoms with Gasteiger partial charge in [-0.2, -0.15) is 0 Å². The number of amides is 3. The summed E-state index contributed by atoms with van der Waals surface area (Å²) in [5.74, 6) is 1.08. The molecule has 1 heterocycles. The van der Waals surface area contributed by atoms with Crippen LogP contribution in [0.5, 0.6) is 5.75 Å². The smallest absolute Gasteiger partial charge is 0.323 e. The summed E-state index contributed by atoms with van der Waals surface area (Å²) in [6.45, 7) is 3.85. The van der Waals surface area contributed by atoms with Crippen LogP contribution in [0.15, 0.2) is 73.6 Å². The molecular formula is C23H24N6O3. The Labute approximate surface area is 186 Å². The van der Waals surface area contributed by atoms with Gasteiger partial charge in [-0.3, -0.25) is 9.69 Å². The highest BCUT2D eigenvalue weighted by molar-refractivity contribution is 5.99. The molecule has 0 atom stereocenters. The number of aromatic nitrogens is 2. The fourth-order valence-corrected chi connectivity index (χ4v) is 2.81. The molecule has 0 radical (unpaired) electrons. The first-order valence-corrected chi connectivity index (χ1v) is 9.76. The van der Waals surface area contributed by atoms with Gasteiger partial charge in [0.2, 0.25) is 5.91 Å². The van der Waals surface area contributed by atoms with Crippen molar-refractivity contribution in [2.45, 2.75) is 6.54 Å². The first kappa shape index (κ1) is 22.3. The zero-order valence-electron chi connectivity index (χ0n) is 17.8. The van der Waals surface area contributed by atoms with Gasteiger partial charge in [-0.25, -0.2) is 14.8 Å². The summed E-state index contributed by atoms with van der Waals surface area (Å²) < 4.78 is 5.38. The highest BCUT2D eigenvalue weighted by atomic mass is 16.5. The summed E-state index contributed by atoms with van der Waals surface area (Å²) in [6.07, 6.45) is 2.54. The Kier molecular flexibility index (Phi) is 7.37. The van der Waals surface area contributed by atoms with Crippen LogP contribution in [0.4, 0.5) is 27.8 Å². The molecule has 164 valence electrons. The van der Waals surface area contributed by atoms with E-state index in [2.05, 4.69) is 32.5 Å². The standard InChI is InChI=1S/C23H24N6O3/c1-4-22(30)27-17-10-11-19(32-3)18(12-17)28-20-13-21(26-15-25-20)29(2)23(31)24-14-16-8-6-5-7-9-16/h4-13,15H,1,14H2,2-3H3,(H,24,31)(H,27,30)(H,25,26,28). The SMILES string of the molecule is C=CC(=O)Nc1ccc(OC)c(Nc2cc(N(C)C(=O)NCc3ccccc3)ncn2)c1. The highest BCUT2D eigenvalue weighted by Gasteiger charge is 2.14. The van der Waals surface area contributed by atoms with Crippen LogP contribution in [0.3, 0.4) is 0 Å². The normalized spacial score (nSPS) is 10.1. The summed E-state index contributed by atoms with van der Waals surface area (Å²) in [7, 11) is 3.16. The summed E-state index contributed by atoms with van der Waals surface area (Å²) in [6, 6.07) is 16.1. The van der Waals surface area contributed by atoms with Crippen molar-refractivity contribution in [2.24, 2.45) is 0 Å². The number of rotatable bonds is 8. The molecule has 0 saturated heterocycles. The third-order valence-electron chi connectivity index (χ3n) is 4.50. The number of urea groups is 1. The van der Waals surface area contributed by atoms with E-state index < -0.39 is 0 Å². The molecular weight excluding hydrogens is 408 g/mol. The number of nitrogens with one attached hydrogen (secondary N) is 3. The van der Waals surface area contributed by atoms with Crippen LogP contribution >= 0.6 is 0 Å². The van der Waals surface area contributed by atoms with Crippen molar-refractivity contribution in [1.82, 2.24) is 15.3 Å². The van der Waals surface area contributed by atoms with Crippen LogP contribution in [0.1, 0.15) is 5.56 Å². The molecule has 32 heavy (non-hydrogen) atoms. The maximum atomic E-state index is 12.5. The lowest BCUT2D eigenvalue weighted by molar-refractivity contribution is -0.111. The average Bonchev–Trinajstić information content (AvgIpc) is 2.83. The number of carbonyl (C=O) groups is 2. The molecule has 0 aliphatic carbocycles. The number of nitrogens with zero attached hydrogens (tertiary/aromatic N) is 3. The minimum absolute atomic E-state index is 0.301. The van der Waals surface area contributed by atoms with Crippen molar-refractivity contribution in [1.29, 1.82) is 0 Å². The van der Waals surface area contributed by atoms with E-state index in [4.69, 9.17) is 4.74 Å². The van der Waals surface area contributed by atoms with Gasteiger partial charge in [0, 0.05) is 25.3 Å². The number of hydrogen-bond donors (Lipinski definition) is 3. The van der Waals surface area contributed by atoms with E-state index in [-0.39, 0.29) is 11.9 Å². The zero-order chi connectivity index (χ0) is 22.9. The van der Waals surface area contributed by atoms with E-state index in [1.54, 1.807) is 38.4 Å². The molecule has 9 heteroatoms. The van der Waals surface area contributed by atoms with Crippen molar-refractivity contribution in [3.8, 4) is 5.75 Å². The van der Waals surface area contributed by atoms with Gasteiger partial charge in [-0.15, -0.1) is 0 Å². The summed E-state index contributed by atoms with van der Waals surface area (Å²) >= 11 is 0. The van der Waals surface area contributed by atoms with E-state index in [0.717, 1.165) is 5.56 Å². The predicted octanol–water partition coefficient (Wildman–Crippen LogP) is 3.70. The number of methoxy groups -OCH3 is 1. The lowest BCUT2D eigenvalue weighted by atomic mass is 10.2. The minimum atomic E-state index is -0.325. The Hall–Kier alpha value is -4.40. The van der Waals surface area contributed by atoms with E-state index in [0.29, 0.717) is 35.3 Å². The molecule has 3 amide bonds. The van der Waals surface area contributed by atoms with Gasteiger partial charge in [0.15, 0.2) is 0 Å². The van der Waals surface area contributed by atoms with Crippen molar-refractivity contribution in [3.63, 3.8) is 0 Å². The van der Waals surface area contributed by atoms with Crippen LogP contribution in [0.25, 0.3) is 0 Å². The number of benzene rings is 2. The molecule has 0 bridgehead atoms. The van der Waals surface area contributed by atoms with Crippen molar-refractivity contribution >= 4 is 34.9 Å². The predicted molar refractivity (Wildman–Crippen MR) is 124 cm³/mol. The second-order valence-corrected chi connectivity index (χ2v) is 6.70. The van der Waals surface area contributed by atoms with E-state index in [1.165, 1.54) is 17.3 Å². The molecule has 0 fully saturated rings. The molecule has 0 spiro atoms. The summed E-state index contributed by atoms with van der Waals surface area (Å²) in [5, 5.41) is 8.68. The first-order valence-electron chi connectivity index (χ1n) is 9.76. The van der Waals surface area contributed by atoms with Crippen molar-refractivity contribution in [3.05, 3.63) is 79.1 Å². The fourth-order valence-electron chi connectivity index (χ4n) is 2.81. The van der Waals surface area contributed by atoms with Crippen LogP contribution in [0.2, 0.25) is 0 Å². The van der Waals surface area contributed by atoms with Gasteiger partial charge in [0.05, 0.1) is 12.8 Å². The fraction of sp³-hybridized carbons (Fsp3) is 0.130. The Bertz CT molecular complexity index is 1100. The maximum absolute atomic E-state index is 12.5. The monoisotopic (exact) mass is 432 g/mol. The molecule has 3 rings (SSSR count). The van der Waals surface area contributed by atoms with Crippen LogP contribution in [-0.2, 0) is 11.3 Å². The molecule has 0 unspecified atom stereocenters. The number of ether oxygens (including phenoxy) is 1. The topological polar surface area (TPSA) is 108 Å². The molecule has 3 N–H and O–H groups in total. The Balaban J connectivity index is 1.72. The van der Waals surface area contributed by atoms with Crippen LogP contribution in [-0.4, -0.2) is 36.1 Å². The lowest BCUT2D eigenvalue weighted by Gasteiger charge is -2.18. The van der Waals surface area contributed by atoms with E-state index >= 15 is 0 Å². The molecule has 0 aliphatic heterocycles. The molecule has 9 nitrogen and oxygen atoms in total. The van der Waals surface area contributed by atoms with Crippen molar-refractivity contribution in [2.75, 3.05) is 29.7 Å². The third kappa shape index (κ3) is 5.82. The Morgan fingerprint density at radius 1 is 1.12 bits per heavy atom. The average molecular weight is 432 g/mol. The lowest BCUT2D eigenvalue weighted by Crippen LogP contribution is -2.37. The molecule has 0 saturated carbocycles. The van der Waals surface area contributed by atoms with Gasteiger partial charge in [-0.1, -0.05) is 36.9 Å². The summed E-state index contributed by atoms with van der Waals surface area (Å²) in [4.78, 5) is 33.9. The van der Waals surface area contributed by atoms with Crippen LogP contribution < -0.4 is 25.6 Å². The zero-order valence-corrected chi connectivity index (χ0v) is 17.8. The Morgan fingerprint density at radius 2 is 1.91 bits per heavy atom. The highest BCUT2D eigenvalue weighted by Crippen LogP contribution is 2.30. The Morgan fingerprint density at radius 3 is 2.62 bits per heavy atom. The number of carbonyl (C=O) groups excluding carboxylic acids is 2. The number of hydrogen-bond acceptors (Lipinski definition) is 6. The van der Waals surface area contributed by atoms with Gasteiger partial charge < -0.3 is 20.7 Å². The van der Waals surface area contributed by atoms with Gasteiger partial charge in [-0.05, 0) is 29.8 Å². The molecule has 1 aromatic heterocycles. The second kappa shape index (κ2) is 10.6. The van der Waals surface area contributed by atoms with Gasteiger partial charge in [0.1, 0.15) is 23.7 Å². The maximum Gasteiger partial charge on any atom is 0.323 e. The van der Waals surface area contributed by atoms with E-state index in [1.807, 2.05) is 30.3 Å². The minimum Gasteiger partial charge on any atom is -0.495 e. The van der Waals surface area contributed by atoms with Gasteiger partial charge in [0.25, 0.3) is 0 Å². The molecule has 3 aromatic rings. The van der Waals surface area contributed by atoms with E-state index in [9.17, 15) is 9.59 Å². The third-order valence-corrected chi connectivity index (χ3v) is 4.50. The van der Waals surface area contributed by atoms with Crippen molar-refractivity contribution < 1.29 is 14.3 Å². The van der Waals surface area contributed by atoms with Crippen LogP contribution in [0, 0.1) is 0 Å². The number of anilines is 4. The van der Waals surface area contributed by atoms with Gasteiger partial charge >= 0.3 is 6.03 Å². The largest absolute Gasteiger partial charge is 0.495 e. The summed E-state index contributed by atoms with van der Waals surface area (Å²) in [5.41, 5.74) is 2.13. The first-order chi connectivity index (χ1) is 15.5. The quantitative estimate of drug-likeness (QED) is 0.469. The molecule has 0 aliphatic rings. The molecule has 2 aromatic carbocycles. The second-order valence-electron chi connectivity index (χ2n) is 6.70.